The summed E-state index contributed by atoms with van der Waals surface area (Å²) in [5, 5.41) is 0. The second kappa shape index (κ2) is 7.15. The Morgan fingerprint density at radius 2 is 2.14 bits per heavy atom. The van der Waals surface area contributed by atoms with E-state index in [0.29, 0.717) is 4.34 Å². The molecule has 2 rings (SSSR count). The number of aromatic nitrogens is 1. The lowest BCUT2D eigenvalue weighted by atomic mass is 10.3. The third-order valence-electron chi connectivity index (χ3n) is 2.67. The zero-order valence-corrected chi connectivity index (χ0v) is 13.1. The van der Waals surface area contributed by atoms with Crippen LogP contribution in [0.25, 0.3) is 10.2 Å². The third kappa shape index (κ3) is 4.74. The molecule has 0 aliphatic rings. The Kier molecular flexibility index (Phi) is 5.47. The van der Waals surface area contributed by atoms with Crippen molar-refractivity contribution in [2.24, 2.45) is 0 Å². The summed E-state index contributed by atoms with van der Waals surface area (Å²) < 4.78 is 39.0. The minimum atomic E-state index is -4.42. The zero-order chi connectivity index (χ0) is 16.2. The maximum absolute atomic E-state index is 12.4. The molecule has 0 fully saturated rings. The number of para-hydroxylation sites is 1. The summed E-state index contributed by atoms with van der Waals surface area (Å²) in [4.78, 5) is 17.0. The Bertz CT molecular complexity index is 636. The topological polar surface area (TPSA) is 33.2 Å². The van der Waals surface area contributed by atoms with Gasteiger partial charge in [-0.15, -0.1) is 17.9 Å². The molecule has 0 radical (unpaired) electrons. The molecule has 2 aromatic rings. The van der Waals surface area contributed by atoms with E-state index in [1.165, 1.54) is 17.4 Å². The quantitative estimate of drug-likeness (QED) is 0.586. The molecule has 1 aromatic heterocycles. The molecule has 0 atom stereocenters. The normalized spacial score (nSPS) is 11.6. The largest absolute Gasteiger partial charge is 0.406 e. The molecule has 0 bridgehead atoms. The van der Waals surface area contributed by atoms with E-state index >= 15 is 0 Å². The van der Waals surface area contributed by atoms with Gasteiger partial charge in [-0.05, 0) is 12.1 Å². The Hall–Kier alpha value is -1.54. The Balaban J connectivity index is 1.98. The van der Waals surface area contributed by atoms with Gasteiger partial charge in [0.2, 0.25) is 5.91 Å². The second-order valence-corrected chi connectivity index (χ2v) is 6.67. The Labute approximate surface area is 133 Å². The standard InChI is InChI=1S/C14H13F3N2OS2/c1-2-7-19(9-14(15,16)17)12(20)8-21-13-18-10-5-3-4-6-11(10)22-13/h2-6H,1,7-9H2. The zero-order valence-electron chi connectivity index (χ0n) is 11.5. The van der Waals surface area contributed by atoms with Crippen molar-refractivity contribution in [3.63, 3.8) is 0 Å². The fourth-order valence-electron chi connectivity index (χ4n) is 1.75. The van der Waals surface area contributed by atoms with Crippen molar-refractivity contribution in [3.8, 4) is 0 Å². The summed E-state index contributed by atoms with van der Waals surface area (Å²) >= 11 is 2.57. The summed E-state index contributed by atoms with van der Waals surface area (Å²) in [6, 6.07) is 7.50. The van der Waals surface area contributed by atoms with Gasteiger partial charge in [-0.2, -0.15) is 13.2 Å². The van der Waals surface area contributed by atoms with Gasteiger partial charge in [0.05, 0.1) is 16.0 Å². The van der Waals surface area contributed by atoms with Gasteiger partial charge in [0.25, 0.3) is 0 Å². The van der Waals surface area contributed by atoms with Crippen molar-refractivity contribution < 1.29 is 18.0 Å². The SMILES string of the molecule is C=CCN(CC(F)(F)F)C(=O)CSc1nc2ccccc2s1. The molecule has 8 heteroatoms. The summed E-state index contributed by atoms with van der Waals surface area (Å²) in [7, 11) is 0. The summed E-state index contributed by atoms with van der Waals surface area (Å²) in [6.45, 7) is 1.99. The number of nitrogens with zero attached hydrogens (tertiary/aromatic N) is 2. The van der Waals surface area contributed by atoms with Crippen LogP contribution in [0.3, 0.4) is 0 Å². The van der Waals surface area contributed by atoms with Crippen LogP contribution in [0.1, 0.15) is 0 Å². The molecule has 1 amide bonds. The lowest BCUT2D eigenvalue weighted by molar-refractivity contribution is -0.158. The molecule has 0 unspecified atom stereocenters. The van der Waals surface area contributed by atoms with Gasteiger partial charge in [-0.1, -0.05) is 30.0 Å². The van der Waals surface area contributed by atoms with Gasteiger partial charge in [0.1, 0.15) is 6.54 Å². The van der Waals surface area contributed by atoms with Crippen LogP contribution in [-0.2, 0) is 4.79 Å². The van der Waals surface area contributed by atoms with E-state index in [1.807, 2.05) is 24.3 Å². The first-order valence-electron chi connectivity index (χ1n) is 6.33. The Morgan fingerprint density at radius 1 is 1.41 bits per heavy atom. The van der Waals surface area contributed by atoms with Crippen LogP contribution in [0.4, 0.5) is 13.2 Å². The van der Waals surface area contributed by atoms with Crippen LogP contribution >= 0.6 is 23.1 Å². The van der Waals surface area contributed by atoms with Crippen LogP contribution < -0.4 is 0 Å². The second-order valence-electron chi connectivity index (χ2n) is 4.41. The highest BCUT2D eigenvalue weighted by Gasteiger charge is 2.32. The number of hydrogen-bond acceptors (Lipinski definition) is 4. The number of amides is 1. The monoisotopic (exact) mass is 346 g/mol. The average molecular weight is 346 g/mol. The Morgan fingerprint density at radius 3 is 2.77 bits per heavy atom. The predicted octanol–water partition coefficient (Wildman–Crippen LogP) is 3.97. The van der Waals surface area contributed by atoms with E-state index in [-0.39, 0.29) is 12.3 Å². The molecule has 3 nitrogen and oxygen atoms in total. The van der Waals surface area contributed by atoms with E-state index in [9.17, 15) is 18.0 Å². The number of halogens is 3. The number of rotatable bonds is 6. The highest BCUT2D eigenvalue weighted by molar-refractivity contribution is 8.01. The van der Waals surface area contributed by atoms with Gasteiger partial charge in [0, 0.05) is 6.54 Å². The smallest absolute Gasteiger partial charge is 0.329 e. The van der Waals surface area contributed by atoms with E-state index in [1.54, 1.807) is 0 Å². The molecular formula is C14H13F3N2OS2. The van der Waals surface area contributed by atoms with Crippen LogP contribution in [0.2, 0.25) is 0 Å². The summed E-state index contributed by atoms with van der Waals surface area (Å²) in [6.07, 6.45) is -3.13. The lowest BCUT2D eigenvalue weighted by Gasteiger charge is -2.22. The van der Waals surface area contributed by atoms with E-state index in [0.717, 1.165) is 26.9 Å². The molecule has 118 valence electrons. The van der Waals surface area contributed by atoms with Crippen molar-refractivity contribution in [3.05, 3.63) is 36.9 Å². The molecule has 22 heavy (non-hydrogen) atoms. The van der Waals surface area contributed by atoms with Crippen molar-refractivity contribution in [1.29, 1.82) is 0 Å². The number of thiazole rings is 1. The molecule has 1 heterocycles. The van der Waals surface area contributed by atoms with Gasteiger partial charge in [0.15, 0.2) is 4.34 Å². The minimum absolute atomic E-state index is 0.0796. The van der Waals surface area contributed by atoms with E-state index in [4.69, 9.17) is 0 Å². The van der Waals surface area contributed by atoms with Crippen molar-refractivity contribution in [1.82, 2.24) is 9.88 Å². The molecule has 1 aromatic carbocycles. The van der Waals surface area contributed by atoms with E-state index < -0.39 is 18.6 Å². The van der Waals surface area contributed by atoms with Crippen LogP contribution in [0.5, 0.6) is 0 Å². The molecule has 0 saturated carbocycles. The molecular weight excluding hydrogens is 333 g/mol. The van der Waals surface area contributed by atoms with Gasteiger partial charge in [-0.25, -0.2) is 4.98 Å². The number of carbonyl (C=O) groups is 1. The maximum Gasteiger partial charge on any atom is 0.406 e. The number of fused-ring (bicyclic) bond motifs is 1. The number of thioether (sulfide) groups is 1. The average Bonchev–Trinajstić information content (AvgIpc) is 2.85. The molecule has 0 aliphatic carbocycles. The minimum Gasteiger partial charge on any atom is -0.329 e. The molecule has 0 N–H and O–H groups in total. The first kappa shape index (κ1) is 16.8. The first-order chi connectivity index (χ1) is 10.4. The molecule has 0 saturated heterocycles. The highest BCUT2D eigenvalue weighted by Crippen LogP contribution is 2.29. The van der Waals surface area contributed by atoms with Gasteiger partial charge in [-0.3, -0.25) is 4.79 Å². The fraction of sp³-hybridized carbons (Fsp3) is 0.286. The highest BCUT2D eigenvalue weighted by atomic mass is 32.2. The number of carbonyl (C=O) groups excluding carboxylic acids is 1. The van der Waals surface area contributed by atoms with Crippen LogP contribution in [0.15, 0.2) is 41.3 Å². The van der Waals surface area contributed by atoms with Gasteiger partial charge < -0.3 is 4.90 Å². The van der Waals surface area contributed by atoms with Crippen molar-refractivity contribution >= 4 is 39.2 Å². The van der Waals surface area contributed by atoms with Crippen LogP contribution in [-0.4, -0.2) is 40.8 Å². The molecule has 0 aliphatic heterocycles. The summed E-state index contributed by atoms with van der Waals surface area (Å²) in [5.74, 6) is -0.662. The predicted molar refractivity (Wildman–Crippen MR) is 83.2 cm³/mol. The molecule has 0 spiro atoms. The maximum atomic E-state index is 12.4. The van der Waals surface area contributed by atoms with E-state index in [2.05, 4.69) is 11.6 Å². The van der Waals surface area contributed by atoms with Crippen LogP contribution in [0, 0.1) is 0 Å². The number of alkyl halides is 3. The lowest BCUT2D eigenvalue weighted by Crippen LogP contribution is -2.40. The third-order valence-corrected chi connectivity index (χ3v) is 4.83. The first-order valence-corrected chi connectivity index (χ1v) is 8.13. The number of hydrogen-bond donors (Lipinski definition) is 0. The van der Waals surface area contributed by atoms with Crippen molar-refractivity contribution in [2.45, 2.75) is 10.5 Å². The van der Waals surface area contributed by atoms with Gasteiger partial charge >= 0.3 is 6.18 Å². The fourth-order valence-corrected chi connectivity index (χ4v) is 3.73. The number of benzene rings is 1. The van der Waals surface area contributed by atoms with Crippen molar-refractivity contribution in [2.75, 3.05) is 18.8 Å². The summed E-state index contributed by atoms with van der Waals surface area (Å²) in [5.41, 5.74) is 0.820.